The Morgan fingerprint density at radius 1 is 1.03 bits per heavy atom. The van der Waals surface area contributed by atoms with Gasteiger partial charge in [-0.3, -0.25) is 0 Å². The van der Waals surface area contributed by atoms with Crippen molar-refractivity contribution in [2.75, 3.05) is 13.6 Å². The van der Waals surface area contributed by atoms with Gasteiger partial charge in [0, 0.05) is 12.0 Å². The molecule has 4 unspecified atom stereocenters. The summed E-state index contributed by atoms with van der Waals surface area (Å²) in [5, 5.41) is 0. The predicted molar refractivity (Wildman–Crippen MR) is 120 cm³/mol. The minimum absolute atomic E-state index is 0.0775. The molecule has 0 radical (unpaired) electrons. The molecule has 0 aromatic heterocycles. The zero-order chi connectivity index (χ0) is 22.1. The Bertz CT molecular complexity index is 928. The molecule has 3 aliphatic rings. The molecule has 5 atom stereocenters. The van der Waals surface area contributed by atoms with Gasteiger partial charge in [-0.2, -0.15) is 0 Å². The average Bonchev–Trinajstić information content (AvgIpc) is 3.50. The van der Waals surface area contributed by atoms with Crippen LogP contribution in [0.1, 0.15) is 55.8 Å². The fraction of sp³-hybridized carbons (Fsp3) is 0.519. The van der Waals surface area contributed by atoms with Gasteiger partial charge in [0.05, 0.1) is 25.6 Å². The highest BCUT2D eigenvalue weighted by atomic mass is 19.1. The maximum Gasteiger partial charge on any atom is 0.340 e. The van der Waals surface area contributed by atoms with Crippen molar-refractivity contribution in [3.63, 3.8) is 0 Å². The smallest absolute Gasteiger partial charge is 0.340 e. The second-order valence-electron chi connectivity index (χ2n) is 10.1. The largest absolute Gasteiger partial charge is 0.453 e. The third kappa shape index (κ3) is 4.33. The number of carbonyl (C=O) groups excluding carboxylic acids is 1. The lowest BCUT2D eigenvalue weighted by molar-refractivity contribution is -0.939. The van der Waals surface area contributed by atoms with Crippen molar-refractivity contribution in [1.29, 1.82) is 0 Å². The van der Waals surface area contributed by atoms with Gasteiger partial charge in [0.15, 0.2) is 12.2 Å². The van der Waals surface area contributed by atoms with E-state index in [1.54, 1.807) is 0 Å². The molecule has 32 heavy (non-hydrogen) atoms. The van der Waals surface area contributed by atoms with Crippen molar-refractivity contribution in [3.8, 4) is 0 Å². The van der Waals surface area contributed by atoms with Gasteiger partial charge in [-0.05, 0) is 37.0 Å². The van der Waals surface area contributed by atoms with Crippen molar-refractivity contribution >= 4 is 5.97 Å². The molecule has 1 heterocycles. The Labute approximate surface area is 189 Å². The first-order valence-corrected chi connectivity index (χ1v) is 12.0. The van der Waals surface area contributed by atoms with E-state index in [1.807, 2.05) is 42.5 Å². The van der Waals surface area contributed by atoms with Gasteiger partial charge in [-0.1, -0.05) is 55.3 Å². The molecule has 4 nitrogen and oxygen atoms in total. The molecule has 2 aromatic rings. The molecular formula is C27H33FNO3+. The van der Waals surface area contributed by atoms with Crippen molar-refractivity contribution in [2.45, 2.75) is 69.4 Å². The van der Waals surface area contributed by atoms with Crippen LogP contribution in [0.25, 0.3) is 0 Å². The lowest BCUT2D eigenvalue weighted by Crippen LogP contribution is -2.51. The zero-order valence-electron chi connectivity index (χ0n) is 18.8. The van der Waals surface area contributed by atoms with Crippen LogP contribution in [-0.2, 0) is 20.8 Å². The van der Waals surface area contributed by atoms with Crippen molar-refractivity contribution in [1.82, 2.24) is 0 Å². The lowest BCUT2D eigenvalue weighted by atomic mass is 10.1. The van der Waals surface area contributed by atoms with E-state index >= 15 is 0 Å². The maximum atomic E-state index is 13.4. The summed E-state index contributed by atoms with van der Waals surface area (Å²) in [4.78, 5) is 13.4. The molecule has 2 aliphatic carbocycles. The summed E-state index contributed by atoms with van der Waals surface area (Å²) in [5.74, 6) is -0.0853. The van der Waals surface area contributed by atoms with Gasteiger partial charge >= 0.3 is 5.97 Å². The topological polar surface area (TPSA) is 35.5 Å². The normalized spacial score (nSPS) is 30.5. The van der Waals surface area contributed by atoms with Crippen LogP contribution in [0.3, 0.4) is 0 Å². The number of likely N-dealkylation sites (N-methyl/N-ethyl adjacent to an activating group) is 1. The molecule has 1 aliphatic heterocycles. The number of hydrogen-bond acceptors (Lipinski definition) is 3. The standard InChI is InChI=1S/C27H33FNO3/c1-29(17-19-11-14-22(28)15-12-19)18-21-13-16-24(29)25(21)32-27(30)26(20-7-3-2-4-8-20)31-23-9-5-6-10-23/h2-4,7-8,11-12,14-15,21,23-26H,5-6,9-10,13,16-18H2,1H3/q+1/t21?,24-,25?,26?,29?/m1/s1. The number of rotatable bonds is 7. The lowest BCUT2D eigenvalue weighted by Gasteiger charge is -2.38. The minimum atomic E-state index is -0.657. The second kappa shape index (κ2) is 8.95. The van der Waals surface area contributed by atoms with Crippen LogP contribution >= 0.6 is 0 Å². The summed E-state index contributed by atoms with van der Waals surface area (Å²) in [6, 6.07) is 16.8. The first-order valence-electron chi connectivity index (χ1n) is 12.0. The first kappa shape index (κ1) is 21.6. The Hall–Kier alpha value is -2.24. The van der Waals surface area contributed by atoms with E-state index in [4.69, 9.17) is 9.47 Å². The summed E-state index contributed by atoms with van der Waals surface area (Å²) in [5.41, 5.74) is 2.00. The van der Waals surface area contributed by atoms with E-state index in [0.29, 0.717) is 5.92 Å². The summed E-state index contributed by atoms with van der Waals surface area (Å²) < 4.78 is 26.7. The molecule has 1 saturated heterocycles. The van der Waals surface area contributed by atoms with Gasteiger partial charge < -0.3 is 14.0 Å². The molecule has 170 valence electrons. The molecule has 2 saturated carbocycles. The van der Waals surface area contributed by atoms with E-state index < -0.39 is 6.10 Å². The number of quaternary nitrogens is 1. The molecule has 2 aromatic carbocycles. The highest BCUT2D eigenvalue weighted by molar-refractivity contribution is 5.77. The predicted octanol–water partition coefficient (Wildman–Crippen LogP) is 5.18. The van der Waals surface area contributed by atoms with Crippen LogP contribution in [0.5, 0.6) is 0 Å². The van der Waals surface area contributed by atoms with Gasteiger partial charge in [0.25, 0.3) is 0 Å². The number of fused-ring (bicyclic) bond motifs is 2. The third-order valence-corrected chi connectivity index (χ3v) is 7.79. The monoisotopic (exact) mass is 438 g/mol. The van der Waals surface area contributed by atoms with Crippen LogP contribution < -0.4 is 0 Å². The van der Waals surface area contributed by atoms with E-state index in [9.17, 15) is 9.18 Å². The van der Waals surface area contributed by atoms with Crippen LogP contribution in [0.2, 0.25) is 0 Å². The molecule has 5 rings (SSSR count). The van der Waals surface area contributed by atoms with Crippen LogP contribution in [0.15, 0.2) is 54.6 Å². The van der Waals surface area contributed by atoms with Crippen LogP contribution in [0.4, 0.5) is 4.39 Å². The van der Waals surface area contributed by atoms with Crippen LogP contribution in [0, 0.1) is 11.7 Å². The molecular weight excluding hydrogens is 405 g/mol. The highest BCUT2D eigenvalue weighted by Gasteiger charge is 2.58. The first-order chi connectivity index (χ1) is 15.5. The number of likely N-dealkylation sites (tertiary alicyclic amines) is 1. The quantitative estimate of drug-likeness (QED) is 0.442. The molecule has 2 bridgehead atoms. The highest BCUT2D eigenvalue weighted by Crippen LogP contribution is 2.45. The number of ether oxygens (including phenoxy) is 2. The fourth-order valence-corrected chi connectivity index (χ4v) is 6.23. The van der Waals surface area contributed by atoms with Gasteiger partial charge in [-0.15, -0.1) is 0 Å². The number of piperidine rings is 1. The summed E-state index contributed by atoms with van der Waals surface area (Å²) in [7, 11) is 2.25. The third-order valence-electron chi connectivity index (χ3n) is 7.79. The zero-order valence-corrected chi connectivity index (χ0v) is 18.8. The van der Waals surface area contributed by atoms with Crippen molar-refractivity contribution in [2.24, 2.45) is 5.92 Å². The number of nitrogens with zero attached hydrogens (tertiary/aromatic N) is 1. The average molecular weight is 439 g/mol. The molecule has 0 N–H and O–H groups in total. The van der Waals surface area contributed by atoms with E-state index in [0.717, 1.165) is 67.2 Å². The number of esters is 1. The van der Waals surface area contributed by atoms with Crippen LogP contribution in [-0.4, -0.2) is 42.3 Å². The Morgan fingerprint density at radius 3 is 2.47 bits per heavy atom. The summed E-state index contributed by atoms with van der Waals surface area (Å²) >= 11 is 0. The fourth-order valence-electron chi connectivity index (χ4n) is 6.23. The van der Waals surface area contributed by atoms with Gasteiger partial charge in [0.2, 0.25) is 0 Å². The number of halogens is 1. The maximum absolute atomic E-state index is 13.4. The van der Waals surface area contributed by atoms with Crippen molar-refractivity contribution < 1.29 is 23.1 Å². The molecule has 5 heteroatoms. The van der Waals surface area contributed by atoms with E-state index in [1.165, 1.54) is 12.1 Å². The molecule has 3 fully saturated rings. The number of hydrogen-bond donors (Lipinski definition) is 0. The Balaban J connectivity index is 1.30. The SMILES string of the molecule is C[N+]1(Cc2ccc(F)cc2)CC2CC[C@@H]1C2OC(=O)C(OC1CCCC1)c1ccccc1. The van der Waals surface area contributed by atoms with E-state index in [2.05, 4.69) is 7.05 Å². The molecule has 0 spiro atoms. The number of carbonyl (C=O) groups is 1. The minimum Gasteiger partial charge on any atom is -0.453 e. The van der Waals surface area contributed by atoms with E-state index in [-0.39, 0.29) is 30.0 Å². The summed E-state index contributed by atoms with van der Waals surface area (Å²) in [6.45, 7) is 1.82. The summed E-state index contributed by atoms with van der Waals surface area (Å²) in [6.07, 6.45) is 5.89. The Kier molecular flexibility index (Phi) is 6.04. The van der Waals surface area contributed by atoms with Crippen molar-refractivity contribution in [3.05, 3.63) is 71.5 Å². The van der Waals surface area contributed by atoms with Gasteiger partial charge in [0.1, 0.15) is 18.4 Å². The Morgan fingerprint density at radius 2 is 1.75 bits per heavy atom. The van der Waals surface area contributed by atoms with Gasteiger partial charge in [-0.25, -0.2) is 9.18 Å². The number of benzene rings is 2. The second-order valence-corrected chi connectivity index (χ2v) is 10.1. The molecule has 0 amide bonds.